The minimum atomic E-state index is -0.192. The molecule has 1 aromatic rings. The Labute approximate surface area is 106 Å². The normalized spacial score (nSPS) is 9.53. The van der Waals surface area contributed by atoms with Crippen molar-refractivity contribution in [2.45, 2.75) is 6.42 Å². The highest BCUT2D eigenvalue weighted by Gasteiger charge is 2.08. The molecule has 0 aliphatic carbocycles. The van der Waals surface area contributed by atoms with E-state index in [2.05, 4.69) is 16.2 Å². The molecule has 0 aliphatic rings. The fraction of sp³-hybridized carbons (Fsp3) is 0.273. The van der Waals surface area contributed by atoms with Crippen molar-refractivity contribution in [3.63, 3.8) is 0 Å². The van der Waals surface area contributed by atoms with E-state index in [-0.39, 0.29) is 17.4 Å². The van der Waals surface area contributed by atoms with Crippen LogP contribution in [0.15, 0.2) is 24.3 Å². The van der Waals surface area contributed by atoms with Crippen molar-refractivity contribution in [2.24, 2.45) is 0 Å². The summed E-state index contributed by atoms with van der Waals surface area (Å²) >= 11 is 4.87. The standard InChI is InChI=1S/C11H15N3O2S/c1-12-14-11(17)13-10(15)7-8-5-3-4-6-9(8)16-2/h3-6,12H,7H2,1-2H3,(H2,13,14,15,17). The van der Waals surface area contributed by atoms with Gasteiger partial charge in [-0.3, -0.25) is 10.2 Å². The van der Waals surface area contributed by atoms with Crippen LogP contribution in [0.5, 0.6) is 5.75 Å². The lowest BCUT2D eigenvalue weighted by atomic mass is 10.1. The van der Waals surface area contributed by atoms with Crippen LogP contribution in [0.2, 0.25) is 0 Å². The van der Waals surface area contributed by atoms with Crippen LogP contribution in [0.4, 0.5) is 0 Å². The van der Waals surface area contributed by atoms with Gasteiger partial charge in [-0.2, -0.15) is 0 Å². The van der Waals surface area contributed by atoms with Gasteiger partial charge in [-0.25, -0.2) is 5.43 Å². The zero-order valence-electron chi connectivity index (χ0n) is 9.74. The minimum Gasteiger partial charge on any atom is -0.496 e. The summed E-state index contributed by atoms with van der Waals surface area (Å²) in [5.41, 5.74) is 6.06. The van der Waals surface area contributed by atoms with E-state index in [1.165, 1.54) is 0 Å². The average molecular weight is 253 g/mol. The van der Waals surface area contributed by atoms with Crippen molar-refractivity contribution in [3.05, 3.63) is 29.8 Å². The van der Waals surface area contributed by atoms with Crippen molar-refractivity contribution >= 4 is 23.2 Å². The number of ether oxygens (including phenoxy) is 1. The van der Waals surface area contributed by atoms with E-state index < -0.39 is 0 Å². The zero-order valence-corrected chi connectivity index (χ0v) is 10.6. The van der Waals surface area contributed by atoms with Gasteiger partial charge in [-0.15, -0.1) is 0 Å². The molecule has 0 spiro atoms. The molecule has 0 saturated heterocycles. The lowest BCUT2D eigenvalue weighted by Gasteiger charge is -2.10. The van der Waals surface area contributed by atoms with Crippen LogP contribution in [0.25, 0.3) is 0 Å². The fourth-order valence-electron chi connectivity index (χ4n) is 1.34. The van der Waals surface area contributed by atoms with Gasteiger partial charge in [0.15, 0.2) is 5.11 Å². The summed E-state index contributed by atoms with van der Waals surface area (Å²) < 4.78 is 5.16. The molecular weight excluding hydrogens is 238 g/mol. The van der Waals surface area contributed by atoms with Crippen molar-refractivity contribution in [2.75, 3.05) is 14.2 Å². The molecule has 1 rings (SSSR count). The summed E-state index contributed by atoms with van der Waals surface area (Å²) in [6.45, 7) is 0. The van der Waals surface area contributed by atoms with Gasteiger partial charge in [0.2, 0.25) is 5.91 Å². The second-order valence-electron chi connectivity index (χ2n) is 3.24. The number of para-hydroxylation sites is 1. The van der Waals surface area contributed by atoms with Gasteiger partial charge >= 0.3 is 0 Å². The van der Waals surface area contributed by atoms with E-state index >= 15 is 0 Å². The van der Waals surface area contributed by atoms with Crippen molar-refractivity contribution in [1.82, 2.24) is 16.2 Å². The van der Waals surface area contributed by atoms with Crippen LogP contribution < -0.4 is 20.9 Å². The molecule has 0 atom stereocenters. The molecular formula is C11H15N3O2S. The Balaban J connectivity index is 2.59. The topological polar surface area (TPSA) is 62.4 Å². The largest absolute Gasteiger partial charge is 0.496 e. The number of hydrogen-bond donors (Lipinski definition) is 3. The number of benzene rings is 1. The first-order chi connectivity index (χ1) is 8.17. The Morgan fingerprint density at radius 1 is 1.41 bits per heavy atom. The number of hydrogen-bond acceptors (Lipinski definition) is 4. The van der Waals surface area contributed by atoms with Crippen molar-refractivity contribution in [3.8, 4) is 5.75 Å². The number of carbonyl (C=O) groups excluding carboxylic acids is 1. The van der Waals surface area contributed by atoms with Crippen LogP contribution in [0, 0.1) is 0 Å². The van der Waals surface area contributed by atoms with Gasteiger partial charge < -0.3 is 10.1 Å². The first kappa shape index (κ1) is 13.4. The van der Waals surface area contributed by atoms with Crippen LogP contribution >= 0.6 is 12.2 Å². The molecule has 0 unspecified atom stereocenters. The molecule has 0 bridgehead atoms. The van der Waals surface area contributed by atoms with Crippen LogP contribution in [-0.2, 0) is 11.2 Å². The molecule has 92 valence electrons. The molecule has 6 heteroatoms. The Bertz CT molecular complexity index is 409. The van der Waals surface area contributed by atoms with E-state index in [0.29, 0.717) is 5.75 Å². The van der Waals surface area contributed by atoms with Gasteiger partial charge in [0.25, 0.3) is 0 Å². The number of carbonyl (C=O) groups is 1. The molecule has 1 aromatic carbocycles. The molecule has 0 radical (unpaired) electrons. The third-order valence-electron chi connectivity index (χ3n) is 2.04. The van der Waals surface area contributed by atoms with Gasteiger partial charge in [-0.1, -0.05) is 18.2 Å². The lowest BCUT2D eigenvalue weighted by molar-refractivity contribution is -0.119. The van der Waals surface area contributed by atoms with E-state index in [0.717, 1.165) is 5.56 Å². The van der Waals surface area contributed by atoms with Gasteiger partial charge in [0, 0.05) is 12.6 Å². The summed E-state index contributed by atoms with van der Waals surface area (Å²) in [5, 5.41) is 2.79. The van der Waals surface area contributed by atoms with E-state index in [9.17, 15) is 4.79 Å². The highest BCUT2D eigenvalue weighted by atomic mass is 32.1. The maximum Gasteiger partial charge on any atom is 0.230 e. The second-order valence-corrected chi connectivity index (χ2v) is 3.65. The first-order valence-electron chi connectivity index (χ1n) is 5.06. The maximum atomic E-state index is 11.6. The molecule has 0 aliphatic heterocycles. The average Bonchev–Trinajstić information content (AvgIpc) is 2.29. The maximum absolute atomic E-state index is 11.6. The SMILES string of the molecule is CNNC(=S)NC(=O)Cc1ccccc1OC. The number of nitrogens with one attached hydrogen (secondary N) is 3. The highest BCUT2D eigenvalue weighted by molar-refractivity contribution is 7.80. The minimum absolute atomic E-state index is 0.192. The lowest BCUT2D eigenvalue weighted by Crippen LogP contribution is -2.45. The summed E-state index contributed by atoms with van der Waals surface area (Å²) in [6, 6.07) is 7.36. The van der Waals surface area contributed by atoms with Crippen LogP contribution in [0.3, 0.4) is 0 Å². The summed E-state index contributed by atoms with van der Waals surface area (Å²) in [7, 11) is 3.24. The molecule has 5 nitrogen and oxygen atoms in total. The third kappa shape index (κ3) is 4.38. The number of rotatable bonds is 4. The van der Waals surface area contributed by atoms with Gasteiger partial charge in [0.05, 0.1) is 13.5 Å². The van der Waals surface area contributed by atoms with Crippen LogP contribution in [-0.4, -0.2) is 25.2 Å². The molecule has 3 N–H and O–H groups in total. The molecule has 0 heterocycles. The molecule has 17 heavy (non-hydrogen) atoms. The van der Waals surface area contributed by atoms with Crippen LogP contribution in [0.1, 0.15) is 5.56 Å². The molecule has 0 saturated carbocycles. The molecule has 0 fully saturated rings. The Morgan fingerprint density at radius 2 is 2.12 bits per heavy atom. The number of methoxy groups -OCH3 is 1. The highest BCUT2D eigenvalue weighted by Crippen LogP contribution is 2.17. The number of hydrazine groups is 1. The number of amides is 1. The molecule has 1 amide bonds. The monoisotopic (exact) mass is 253 g/mol. The van der Waals surface area contributed by atoms with Crippen molar-refractivity contribution < 1.29 is 9.53 Å². The predicted molar refractivity (Wildman–Crippen MR) is 69.6 cm³/mol. The van der Waals surface area contributed by atoms with E-state index in [4.69, 9.17) is 17.0 Å². The van der Waals surface area contributed by atoms with Crippen molar-refractivity contribution in [1.29, 1.82) is 0 Å². The number of thiocarbonyl (C=S) groups is 1. The first-order valence-corrected chi connectivity index (χ1v) is 5.46. The molecule has 0 aromatic heterocycles. The van der Waals surface area contributed by atoms with E-state index in [1.807, 2.05) is 24.3 Å². The summed E-state index contributed by atoms with van der Waals surface area (Å²) in [4.78, 5) is 11.6. The second kappa shape index (κ2) is 6.82. The fourth-order valence-corrected chi connectivity index (χ4v) is 1.55. The van der Waals surface area contributed by atoms with Gasteiger partial charge in [-0.05, 0) is 18.3 Å². The van der Waals surface area contributed by atoms with E-state index in [1.54, 1.807) is 14.2 Å². The Kier molecular flexibility index (Phi) is 5.38. The summed E-state index contributed by atoms with van der Waals surface area (Å²) in [6.07, 6.45) is 0.218. The predicted octanol–water partition coefficient (Wildman–Crippen LogP) is 0.363. The van der Waals surface area contributed by atoms with Gasteiger partial charge in [0.1, 0.15) is 5.75 Å². The zero-order chi connectivity index (χ0) is 12.7. The Hall–Kier alpha value is -1.66. The third-order valence-corrected chi connectivity index (χ3v) is 2.24. The smallest absolute Gasteiger partial charge is 0.230 e. The summed E-state index contributed by atoms with van der Waals surface area (Å²) in [5.74, 6) is 0.498. The quantitative estimate of drug-likeness (QED) is 0.534. The Morgan fingerprint density at radius 3 is 2.76 bits per heavy atom.